The first-order valence-corrected chi connectivity index (χ1v) is 8.58. The number of benzene rings is 2. The Labute approximate surface area is 156 Å². The highest BCUT2D eigenvalue weighted by Crippen LogP contribution is 2.26. The number of nitrogens with one attached hydrogen (secondary N) is 1. The van der Waals surface area contributed by atoms with Gasteiger partial charge in [0.25, 0.3) is 5.91 Å². The van der Waals surface area contributed by atoms with Gasteiger partial charge in [0.15, 0.2) is 5.65 Å². The van der Waals surface area contributed by atoms with Crippen LogP contribution in [-0.2, 0) is 6.61 Å². The molecule has 0 aliphatic carbocycles. The summed E-state index contributed by atoms with van der Waals surface area (Å²) in [6.07, 6.45) is 3.48. The van der Waals surface area contributed by atoms with Crippen molar-refractivity contribution < 1.29 is 9.53 Å². The standard InChI is InChI=1S/C21H18N4O2/c1-22-21(26)19-11-12-25-20(24-19)18(13-23-25)16-7-9-17(10-8-16)27-14-15-5-3-2-4-6-15/h2-13H,14H2,1H3,(H,22,26). The van der Waals surface area contributed by atoms with Crippen LogP contribution in [0, 0.1) is 0 Å². The zero-order valence-corrected chi connectivity index (χ0v) is 14.8. The van der Waals surface area contributed by atoms with E-state index >= 15 is 0 Å². The number of hydrogen-bond donors (Lipinski definition) is 1. The molecule has 0 spiro atoms. The fourth-order valence-corrected chi connectivity index (χ4v) is 2.80. The van der Waals surface area contributed by atoms with Crippen molar-refractivity contribution in [2.24, 2.45) is 0 Å². The Bertz CT molecular complexity index is 1070. The summed E-state index contributed by atoms with van der Waals surface area (Å²) < 4.78 is 7.48. The van der Waals surface area contributed by atoms with Gasteiger partial charge in [-0.05, 0) is 29.3 Å². The number of hydrogen-bond acceptors (Lipinski definition) is 4. The molecule has 0 fully saturated rings. The Morgan fingerprint density at radius 3 is 2.59 bits per heavy atom. The van der Waals surface area contributed by atoms with Crippen LogP contribution in [0.3, 0.4) is 0 Å². The van der Waals surface area contributed by atoms with Crippen LogP contribution in [0.1, 0.15) is 16.1 Å². The molecule has 4 rings (SSSR count). The van der Waals surface area contributed by atoms with Gasteiger partial charge >= 0.3 is 0 Å². The van der Waals surface area contributed by atoms with Crippen molar-refractivity contribution in [1.29, 1.82) is 0 Å². The Kier molecular flexibility index (Phi) is 4.53. The van der Waals surface area contributed by atoms with Crippen molar-refractivity contribution in [3.8, 4) is 16.9 Å². The molecule has 0 bridgehead atoms. The van der Waals surface area contributed by atoms with Gasteiger partial charge in [0, 0.05) is 18.8 Å². The maximum Gasteiger partial charge on any atom is 0.269 e. The van der Waals surface area contributed by atoms with Gasteiger partial charge in [-0.15, -0.1) is 0 Å². The third-order valence-electron chi connectivity index (χ3n) is 4.24. The van der Waals surface area contributed by atoms with Gasteiger partial charge in [0.1, 0.15) is 18.1 Å². The summed E-state index contributed by atoms with van der Waals surface area (Å²) >= 11 is 0. The zero-order valence-electron chi connectivity index (χ0n) is 14.8. The molecule has 2 aromatic carbocycles. The summed E-state index contributed by atoms with van der Waals surface area (Å²) in [5.41, 5.74) is 3.92. The summed E-state index contributed by atoms with van der Waals surface area (Å²) in [7, 11) is 1.58. The monoisotopic (exact) mass is 358 g/mol. The lowest BCUT2D eigenvalue weighted by molar-refractivity contribution is 0.0958. The summed E-state index contributed by atoms with van der Waals surface area (Å²) in [4.78, 5) is 16.3. The first kappa shape index (κ1) is 16.8. The second-order valence-corrected chi connectivity index (χ2v) is 6.02. The lowest BCUT2D eigenvalue weighted by Crippen LogP contribution is -2.19. The van der Waals surface area contributed by atoms with Gasteiger partial charge in [0.05, 0.1) is 6.20 Å². The molecule has 4 aromatic rings. The molecule has 1 amide bonds. The van der Waals surface area contributed by atoms with Crippen LogP contribution in [0.15, 0.2) is 73.1 Å². The lowest BCUT2D eigenvalue weighted by atomic mass is 10.1. The van der Waals surface area contributed by atoms with E-state index in [0.29, 0.717) is 17.9 Å². The number of carbonyl (C=O) groups excluding carboxylic acids is 1. The molecule has 1 N–H and O–H groups in total. The smallest absolute Gasteiger partial charge is 0.269 e. The number of amides is 1. The quantitative estimate of drug-likeness (QED) is 0.594. The highest BCUT2D eigenvalue weighted by atomic mass is 16.5. The first-order valence-electron chi connectivity index (χ1n) is 8.58. The Hall–Kier alpha value is -3.67. The average Bonchev–Trinajstić information content (AvgIpc) is 3.16. The minimum atomic E-state index is -0.227. The predicted octanol–water partition coefficient (Wildman–Crippen LogP) is 3.33. The number of carbonyl (C=O) groups is 1. The van der Waals surface area contributed by atoms with Crippen LogP contribution in [0.5, 0.6) is 5.75 Å². The first-order chi connectivity index (χ1) is 13.2. The van der Waals surface area contributed by atoms with E-state index in [2.05, 4.69) is 15.4 Å². The molecule has 0 atom stereocenters. The van der Waals surface area contributed by atoms with E-state index < -0.39 is 0 Å². The molecule has 0 saturated carbocycles. The number of aromatic nitrogens is 3. The van der Waals surface area contributed by atoms with Crippen LogP contribution in [0.2, 0.25) is 0 Å². The maximum atomic E-state index is 11.8. The van der Waals surface area contributed by atoms with E-state index in [4.69, 9.17) is 4.74 Å². The van der Waals surface area contributed by atoms with E-state index in [0.717, 1.165) is 22.4 Å². The van der Waals surface area contributed by atoms with Crippen LogP contribution >= 0.6 is 0 Å². The van der Waals surface area contributed by atoms with Crippen LogP contribution in [0.25, 0.3) is 16.8 Å². The summed E-state index contributed by atoms with van der Waals surface area (Å²) in [6, 6.07) is 19.4. The number of nitrogens with zero attached hydrogens (tertiary/aromatic N) is 3. The molecule has 0 aliphatic rings. The summed E-state index contributed by atoms with van der Waals surface area (Å²) in [5.74, 6) is 0.562. The van der Waals surface area contributed by atoms with Gasteiger partial charge in [-0.1, -0.05) is 42.5 Å². The molecule has 2 heterocycles. The van der Waals surface area contributed by atoms with E-state index in [1.165, 1.54) is 0 Å². The summed E-state index contributed by atoms with van der Waals surface area (Å²) in [6.45, 7) is 0.522. The SMILES string of the molecule is CNC(=O)c1ccn2ncc(-c3ccc(OCc4ccccc4)cc3)c2n1. The van der Waals surface area contributed by atoms with Crippen molar-refractivity contribution in [2.75, 3.05) is 7.05 Å². The van der Waals surface area contributed by atoms with Gasteiger partial charge in [-0.3, -0.25) is 4.79 Å². The molecular formula is C21H18N4O2. The van der Waals surface area contributed by atoms with Crippen LogP contribution in [0.4, 0.5) is 0 Å². The zero-order chi connectivity index (χ0) is 18.6. The third-order valence-corrected chi connectivity index (χ3v) is 4.24. The average molecular weight is 358 g/mol. The molecule has 0 aliphatic heterocycles. The summed E-state index contributed by atoms with van der Waals surface area (Å²) in [5, 5.41) is 6.90. The number of rotatable bonds is 5. The second-order valence-electron chi connectivity index (χ2n) is 6.02. The van der Waals surface area contributed by atoms with Gasteiger partial charge in [0.2, 0.25) is 0 Å². The molecule has 0 unspecified atom stereocenters. The molecule has 0 saturated heterocycles. The van der Waals surface area contributed by atoms with Crippen molar-refractivity contribution in [2.45, 2.75) is 6.61 Å². The van der Waals surface area contributed by atoms with Crippen molar-refractivity contribution in [3.05, 3.63) is 84.3 Å². The maximum absolute atomic E-state index is 11.8. The largest absolute Gasteiger partial charge is 0.489 e. The number of fused-ring (bicyclic) bond motifs is 1. The topological polar surface area (TPSA) is 68.5 Å². The fraction of sp³-hybridized carbons (Fsp3) is 0.0952. The molecule has 6 nitrogen and oxygen atoms in total. The van der Waals surface area contributed by atoms with E-state index in [1.807, 2.05) is 54.6 Å². The molecule has 0 radical (unpaired) electrons. The molecule has 6 heteroatoms. The van der Waals surface area contributed by atoms with Crippen molar-refractivity contribution in [1.82, 2.24) is 19.9 Å². The molecule has 2 aromatic heterocycles. The minimum Gasteiger partial charge on any atom is -0.489 e. The Morgan fingerprint density at radius 2 is 1.85 bits per heavy atom. The molecule has 134 valence electrons. The van der Waals surface area contributed by atoms with Gasteiger partial charge < -0.3 is 10.1 Å². The Balaban J connectivity index is 1.57. The highest BCUT2D eigenvalue weighted by molar-refractivity contribution is 5.93. The van der Waals surface area contributed by atoms with Crippen molar-refractivity contribution >= 4 is 11.6 Å². The van der Waals surface area contributed by atoms with Crippen LogP contribution < -0.4 is 10.1 Å². The molecule has 27 heavy (non-hydrogen) atoms. The fourth-order valence-electron chi connectivity index (χ4n) is 2.80. The van der Waals surface area contributed by atoms with E-state index in [9.17, 15) is 4.79 Å². The second kappa shape index (κ2) is 7.29. The van der Waals surface area contributed by atoms with Gasteiger partial charge in [-0.2, -0.15) is 5.10 Å². The van der Waals surface area contributed by atoms with E-state index in [-0.39, 0.29) is 5.91 Å². The lowest BCUT2D eigenvalue weighted by Gasteiger charge is -2.07. The minimum absolute atomic E-state index is 0.227. The Morgan fingerprint density at radius 1 is 1.07 bits per heavy atom. The van der Waals surface area contributed by atoms with E-state index in [1.54, 1.807) is 30.0 Å². The van der Waals surface area contributed by atoms with Crippen LogP contribution in [-0.4, -0.2) is 27.6 Å². The predicted molar refractivity (Wildman–Crippen MR) is 103 cm³/mol. The molecular weight excluding hydrogens is 340 g/mol. The van der Waals surface area contributed by atoms with Gasteiger partial charge in [-0.25, -0.2) is 9.50 Å². The number of ether oxygens (including phenoxy) is 1. The third kappa shape index (κ3) is 3.50. The van der Waals surface area contributed by atoms with Crippen molar-refractivity contribution in [3.63, 3.8) is 0 Å². The highest BCUT2D eigenvalue weighted by Gasteiger charge is 2.12. The normalized spacial score (nSPS) is 10.7.